The van der Waals surface area contributed by atoms with Crippen molar-refractivity contribution in [3.63, 3.8) is 0 Å². The highest BCUT2D eigenvalue weighted by Crippen LogP contribution is 2.24. The first-order valence-electron chi connectivity index (χ1n) is 4.61. The van der Waals surface area contributed by atoms with Gasteiger partial charge in [0.25, 0.3) is 5.88 Å². The molecule has 0 unspecified atom stereocenters. The Balaban J connectivity index is 2.27. The lowest BCUT2D eigenvalue weighted by Gasteiger charge is -2.05. The third kappa shape index (κ3) is 2.08. The summed E-state index contributed by atoms with van der Waals surface area (Å²) in [6.45, 7) is 1.53. The Morgan fingerprint density at radius 2 is 1.88 bits per heavy atom. The maximum Gasteiger partial charge on any atom is 0.259 e. The number of aromatic nitrogens is 2. The Morgan fingerprint density at radius 3 is 2.56 bits per heavy atom. The van der Waals surface area contributed by atoms with Crippen LogP contribution in [0.2, 0.25) is 0 Å². The molecule has 0 amide bonds. The molecule has 0 atom stereocenters. The maximum absolute atomic E-state index is 13.5. The van der Waals surface area contributed by atoms with Crippen molar-refractivity contribution >= 4 is 0 Å². The number of phenols is 1. The van der Waals surface area contributed by atoms with Crippen LogP contribution in [0.5, 0.6) is 17.4 Å². The first kappa shape index (κ1) is 10.4. The number of rotatable bonds is 2. The molecule has 0 aliphatic heterocycles. The lowest BCUT2D eigenvalue weighted by atomic mass is 10.3. The molecule has 0 saturated heterocycles. The number of nitrogens with zero attached hydrogens (tertiary/aromatic N) is 2. The van der Waals surface area contributed by atoms with Crippen molar-refractivity contribution in [2.24, 2.45) is 0 Å². The minimum Gasteiger partial charge on any atom is -0.508 e. The van der Waals surface area contributed by atoms with Gasteiger partial charge in [-0.2, -0.15) is 9.37 Å². The normalized spacial score (nSPS) is 10.1. The van der Waals surface area contributed by atoms with E-state index in [1.54, 1.807) is 0 Å². The number of phenolic OH excluding ortho intramolecular Hbond substituents is 1. The number of halogens is 1. The van der Waals surface area contributed by atoms with Crippen molar-refractivity contribution in [2.75, 3.05) is 0 Å². The molecule has 16 heavy (non-hydrogen) atoms. The Morgan fingerprint density at radius 1 is 1.19 bits per heavy atom. The predicted octanol–water partition coefficient (Wildman–Crippen LogP) is 2.42. The van der Waals surface area contributed by atoms with Crippen LogP contribution in [-0.4, -0.2) is 15.1 Å². The van der Waals surface area contributed by atoms with Crippen LogP contribution >= 0.6 is 0 Å². The molecule has 4 nitrogen and oxygen atoms in total. The zero-order valence-corrected chi connectivity index (χ0v) is 8.51. The van der Waals surface area contributed by atoms with Crippen molar-refractivity contribution < 1.29 is 14.2 Å². The van der Waals surface area contributed by atoms with Gasteiger partial charge in [0.05, 0.1) is 5.69 Å². The van der Waals surface area contributed by atoms with Crippen molar-refractivity contribution in [3.05, 3.63) is 42.1 Å². The lowest BCUT2D eigenvalue weighted by molar-refractivity contribution is 0.414. The molecule has 5 heteroatoms. The molecule has 0 spiro atoms. The molecule has 82 valence electrons. The maximum atomic E-state index is 13.5. The van der Waals surface area contributed by atoms with E-state index in [0.717, 1.165) is 0 Å². The van der Waals surface area contributed by atoms with E-state index >= 15 is 0 Å². The Hall–Kier alpha value is -2.17. The first-order valence-corrected chi connectivity index (χ1v) is 4.61. The summed E-state index contributed by atoms with van der Waals surface area (Å²) in [5.74, 6) is -0.199. The molecule has 1 heterocycles. The van der Waals surface area contributed by atoms with Crippen LogP contribution in [-0.2, 0) is 0 Å². The number of hydrogen-bond acceptors (Lipinski definition) is 4. The fourth-order valence-electron chi connectivity index (χ4n) is 1.13. The average molecular weight is 220 g/mol. The van der Waals surface area contributed by atoms with E-state index in [-0.39, 0.29) is 17.3 Å². The van der Waals surface area contributed by atoms with E-state index in [1.807, 2.05) is 0 Å². The van der Waals surface area contributed by atoms with Crippen LogP contribution in [0.4, 0.5) is 4.39 Å². The summed E-state index contributed by atoms with van der Waals surface area (Å²) >= 11 is 0. The molecule has 0 aliphatic carbocycles. The van der Waals surface area contributed by atoms with E-state index in [2.05, 4.69) is 9.97 Å². The summed E-state index contributed by atoms with van der Waals surface area (Å²) in [5.41, 5.74) is 0.226. The van der Waals surface area contributed by atoms with Gasteiger partial charge in [-0.25, -0.2) is 4.98 Å². The smallest absolute Gasteiger partial charge is 0.259 e. The highest BCUT2D eigenvalue weighted by Gasteiger charge is 2.09. The summed E-state index contributed by atoms with van der Waals surface area (Å²) in [5, 5.41) is 9.07. The van der Waals surface area contributed by atoms with Gasteiger partial charge >= 0.3 is 0 Å². The molecule has 0 fully saturated rings. The SMILES string of the molecule is Cc1ncnc(Oc2ccc(O)cc2)c1F. The molecule has 2 rings (SSSR count). The largest absolute Gasteiger partial charge is 0.508 e. The van der Waals surface area contributed by atoms with Crippen molar-refractivity contribution in [1.82, 2.24) is 9.97 Å². The summed E-state index contributed by atoms with van der Waals surface area (Å²) in [6.07, 6.45) is 1.23. The first-order chi connectivity index (χ1) is 7.66. The summed E-state index contributed by atoms with van der Waals surface area (Å²) in [6, 6.07) is 5.93. The van der Waals surface area contributed by atoms with Gasteiger partial charge in [-0.1, -0.05) is 0 Å². The molecule has 0 radical (unpaired) electrons. The van der Waals surface area contributed by atoms with Gasteiger partial charge in [0.15, 0.2) is 0 Å². The van der Waals surface area contributed by atoms with Crippen molar-refractivity contribution in [1.29, 1.82) is 0 Å². The zero-order valence-electron chi connectivity index (χ0n) is 8.51. The van der Waals surface area contributed by atoms with E-state index < -0.39 is 5.82 Å². The second-order valence-corrected chi connectivity index (χ2v) is 3.17. The summed E-state index contributed by atoms with van der Waals surface area (Å²) < 4.78 is 18.7. The molecule has 2 aromatic rings. The molecular formula is C11H9FN2O2. The van der Waals surface area contributed by atoms with Gasteiger partial charge in [-0.05, 0) is 31.2 Å². The minimum absolute atomic E-state index is 0.117. The van der Waals surface area contributed by atoms with Gasteiger partial charge in [0.2, 0.25) is 5.82 Å². The van der Waals surface area contributed by atoms with E-state index in [4.69, 9.17) is 9.84 Å². The number of aromatic hydroxyl groups is 1. The Labute approximate surface area is 91.4 Å². The van der Waals surface area contributed by atoms with Crippen LogP contribution < -0.4 is 4.74 Å². The fourth-order valence-corrected chi connectivity index (χ4v) is 1.13. The third-order valence-corrected chi connectivity index (χ3v) is 1.98. The molecule has 0 bridgehead atoms. The zero-order chi connectivity index (χ0) is 11.5. The number of aryl methyl sites for hydroxylation is 1. The number of ether oxygens (including phenoxy) is 1. The van der Waals surface area contributed by atoms with E-state index in [9.17, 15) is 4.39 Å². The van der Waals surface area contributed by atoms with Gasteiger partial charge in [0.1, 0.15) is 17.8 Å². The molecule has 0 saturated carbocycles. The highest BCUT2D eigenvalue weighted by molar-refractivity contribution is 5.33. The second kappa shape index (κ2) is 4.14. The standard InChI is InChI=1S/C11H9FN2O2/c1-7-10(12)11(14-6-13-7)16-9-4-2-8(15)3-5-9/h2-6,15H,1H3. The van der Waals surface area contributed by atoms with E-state index in [1.165, 1.54) is 37.5 Å². The van der Waals surface area contributed by atoms with Crippen LogP contribution in [0.25, 0.3) is 0 Å². The van der Waals surface area contributed by atoms with Gasteiger partial charge in [0, 0.05) is 0 Å². The fraction of sp³-hybridized carbons (Fsp3) is 0.0909. The quantitative estimate of drug-likeness (QED) is 0.844. The van der Waals surface area contributed by atoms with Crippen LogP contribution in [0, 0.1) is 12.7 Å². The molecule has 1 N–H and O–H groups in total. The van der Waals surface area contributed by atoms with E-state index in [0.29, 0.717) is 5.75 Å². The predicted molar refractivity (Wildman–Crippen MR) is 54.9 cm³/mol. The van der Waals surface area contributed by atoms with Crippen molar-refractivity contribution in [3.8, 4) is 17.4 Å². The third-order valence-electron chi connectivity index (χ3n) is 1.98. The molecule has 1 aromatic heterocycles. The number of hydrogen-bond donors (Lipinski definition) is 1. The van der Waals surface area contributed by atoms with Crippen LogP contribution in [0.1, 0.15) is 5.69 Å². The molecule has 0 aliphatic rings. The summed E-state index contributed by atoms with van der Waals surface area (Å²) in [7, 11) is 0. The Kier molecular flexibility index (Phi) is 2.68. The minimum atomic E-state index is -0.587. The second-order valence-electron chi connectivity index (χ2n) is 3.17. The van der Waals surface area contributed by atoms with Crippen LogP contribution in [0.3, 0.4) is 0 Å². The van der Waals surface area contributed by atoms with Crippen LogP contribution in [0.15, 0.2) is 30.6 Å². The topological polar surface area (TPSA) is 55.2 Å². The molecular weight excluding hydrogens is 211 g/mol. The average Bonchev–Trinajstić information content (AvgIpc) is 2.28. The van der Waals surface area contributed by atoms with Gasteiger partial charge in [-0.3, -0.25) is 0 Å². The lowest BCUT2D eigenvalue weighted by Crippen LogP contribution is -1.96. The van der Waals surface area contributed by atoms with Gasteiger partial charge in [-0.15, -0.1) is 0 Å². The summed E-state index contributed by atoms with van der Waals surface area (Å²) in [4.78, 5) is 7.37. The molecule has 1 aromatic carbocycles. The Bertz CT molecular complexity index is 500. The number of benzene rings is 1. The van der Waals surface area contributed by atoms with Gasteiger partial charge < -0.3 is 9.84 Å². The van der Waals surface area contributed by atoms with Crippen molar-refractivity contribution in [2.45, 2.75) is 6.92 Å². The highest BCUT2D eigenvalue weighted by atomic mass is 19.1. The monoisotopic (exact) mass is 220 g/mol.